The summed E-state index contributed by atoms with van der Waals surface area (Å²) in [7, 11) is 0. The molecule has 0 saturated carbocycles. The number of anilines is 2. The van der Waals surface area contributed by atoms with Crippen molar-refractivity contribution in [3.63, 3.8) is 0 Å². The molecule has 4 nitrogen and oxygen atoms in total. The van der Waals surface area contributed by atoms with Gasteiger partial charge in [-0.05, 0) is 49.1 Å². The van der Waals surface area contributed by atoms with E-state index in [1.807, 2.05) is 41.3 Å². The molecule has 0 radical (unpaired) electrons. The van der Waals surface area contributed by atoms with Crippen molar-refractivity contribution < 1.29 is 4.79 Å². The van der Waals surface area contributed by atoms with Crippen molar-refractivity contribution >= 4 is 17.3 Å². The average molecular weight is 371 g/mol. The zero-order valence-corrected chi connectivity index (χ0v) is 16.2. The second-order valence-electron chi connectivity index (χ2n) is 7.09. The monoisotopic (exact) mass is 371 g/mol. The van der Waals surface area contributed by atoms with Gasteiger partial charge in [-0.25, -0.2) is 0 Å². The number of carbonyl (C=O) groups excluding carboxylic acids is 1. The van der Waals surface area contributed by atoms with Crippen LogP contribution in [-0.4, -0.2) is 24.0 Å². The minimum Gasteiger partial charge on any atom is -0.367 e. The summed E-state index contributed by atoms with van der Waals surface area (Å²) in [4.78, 5) is 21.8. The molecular weight excluding hydrogens is 346 g/mol. The van der Waals surface area contributed by atoms with Crippen molar-refractivity contribution in [2.75, 3.05) is 22.9 Å². The Morgan fingerprint density at radius 1 is 1.07 bits per heavy atom. The van der Waals surface area contributed by atoms with Gasteiger partial charge in [0.05, 0.1) is 0 Å². The van der Waals surface area contributed by atoms with E-state index in [1.54, 1.807) is 6.20 Å². The molecule has 0 bridgehead atoms. The highest BCUT2D eigenvalue weighted by Gasteiger charge is 2.24. The summed E-state index contributed by atoms with van der Waals surface area (Å²) in [6.45, 7) is 4.54. The molecule has 0 saturated heterocycles. The van der Waals surface area contributed by atoms with Crippen LogP contribution in [0.5, 0.6) is 0 Å². The van der Waals surface area contributed by atoms with Crippen LogP contribution < -0.4 is 9.80 Å². The molecule has 142 valence electrons. The molecule has 28 heavy (non-hydrogen) atoms. The Bertz CT molecular complexity index is 955. The molecule has 0 fully saturated rings. The van der Waals surface area contributed by atoms with Crippen LogP contribution in [0.15, 0.2) is 72.9 Å². The number of hydrogen-bond acceptors (Lipinski definition) is 3. The predicted octanol–water partition coefficient (Wildman–Crippen LogP) is 4.70. The van der Waals surface area contributed by atoms with Crippen molar-refractivity contribution in [2.45, 2.75) is 26.3 Å². The smallest absolute Gasteiger partial charge is 0.276 e. The number of aromatic nitrogens is 1. The van der Waals surface area contributed by atoms with Gasteiger partial charge in [0.2, 0.25) is 0 Å². The van der Waals surface area contributed by atoms with E-state index in [-0.39, 0.29) is 5.91 Å². The number of benzene rings is 2. The lowest BCUT2D eigenvalue weighted by Crippen LogP contribution is -2.36. The second-order valence-corrected chi connectivity index (χ2v) is 7.09. The first-order valence-corrected chi connectivity index (χ1v) is 9.91. The minimum atomic E-state index is -0.0234. The van der Waals surface area contributed by atoms with Crippen molar-refractivity contribution in [2.24, 2.45) is 0 Å². The molecule has 1 aliphatic rings. The van der Waals surface area contributed by atoms with E-state index < -0.39 is 0 Å². The van der Waals surface area contributed by atoms with Crippen LogP contribution >= 0.6 is 0 Å². The SMILES string of the molecule is CCN(Cc1ccccc1)c1ccnc(C(=O)N2CCCc3ccccc32)c1. The van der Waals surface area contributed by atoms with Gasteiger partial charge in [0, 0.05) is 37.2 Å². The van der Waals surface area contributed by atoms with Gasteiger partial charge in [-0.15, -0.1) is 0 Å². The molecule has 4 rings (SSSR count). The topological polar surface area (TPSA) is 36.4 Å². The highest BCUT2D eigenvalue weighted by Crippen LogP contribution is 2.28. The van der Waals surface area contributed by atoms with Gasteiger partial charge in [0.15, 0.2) is 0 Å². The molecule has 1 aliphatic heterocycles. The number of aryl methyl sites for hydroxylation is 1. The lowest BCUT2D eigenvalue weighted by molar-refractivity contribution is 0.0980. The number of hydrogen-bond donors (Lipinski definition) is 0. The first-order valence-electron chi connectivity index (χ1n) is 9.91. The van der Waals surface area contributed by atoms with Crippen molar-refractivity contribution in [1.82, 2.24) is 4.98 Å². The summed E-state index contributed by atoms with van der Waals surface area (Å²) in [5.74, 6) is -0.0234. The van der Waals surface area contributed by atoms with Crippen LogP contribution in [0.25, 0.3) is 0 Å². The Labute approximate surface area is 166 Å². The van der Waals surface area contributed by atoms with E-state index in [1.165, 1.54) is 11.1 Å². The largest absolute Gasteiger partial charge is 0.367 e. The number of pyridine rings is 1. The standard InChI is InChI=1S/C24H25N3O/c1-2-26(18-19-9-4-3-5-10-19)21-14-15-25-22(17-21)24(28)27-16-8-12-20-11-6-7-13-23(20)27/h3-7,9-11,13-15,17H,2,8,12,16,18H2,1H3. The van der Waals surface area contributed by atoms with Crippen molar-refractivity contribution in [1.29, 1.82) is 0 Å². The van der Waals surface area contributed by atoms with Crippen LogP contribution in [-0.2, 0) is 13.0 Å². The van der Waals surface area contributed by atoms with E-state index >= 15 is 0 Å². The maximum absolute atomic E-state index is 13.2. The minimum absolute atomic E-state index is 0.0234. The van der Waals surface area contributed by atoms with E-state index in [0.717, 1.165) is 43.9 Å². The lowest BCUT2D eigenvalue weighted by atomic mass is 10.0. The molecule has 0 aliphatic carbocycles. The summed E-state index contributed by atoms with van der Waals surface area (Å²) in [6, 6.07) is 22.5. The van der Waals surface area contributed by atoms with Crippen molar-refractivity contribution in [3.05, 3.63) is 89.7 Å². The van der Waals surface area contributed by atoms with E-state index in [4.69, 9.17) is 0 Å². The third kappa shape index (κ3) is 3.77. The number of carbonyl (C=O) groups is 1. The summed E-state index contributed by atoms with van der Waals surface area (Å²) in [5, 5.41) is 0. The van der Waals surface area contributed by atoms with Gasteiger partial charge in [-0.1, -0.05) is 48.5 Å². The van der Waals surface area contributed by atoms with Gasteiger partial charge < -0.3 is 9.80 Å². The Morgan fingerprint density at radius 3 is 2.68 bits per heavy atom. The summed E-state index contributed by atoms with van der Waals surface area (Å²) in [6.07, 6.45) is 3.75. The molecule has 0 N–H and O–H groups in total. The number of nitrogens with zero attached hydrogens (tertiary/aromatic N) is 3. The first kappa shape index (κ1) is 18.2. The normalized spacial score (nSPS) is 13.1. The summed E-state index contributed by atoms with van der Waals surface area (Å²) >= 11 is 0. The van der Waals surface area contributed by atoms with E-state index in [0.29, 0.717) is 5.69 Å². The molecule has 0 atom stereocenters. The maximum Gasteiger partial charge on any atom is 0.276 e. The van der Waals surface area contributed by atoms with Crippen LogP contribution in [0.2, 0.25) is 0 Å². The number of rotatable bonds is 5. The molecule has 1 aromatic heterocycles. The van der Waals surface area contributed by atoms with E-state index in [2.05, 4.69) is 47.1 Å². The Kier molecular flexibility index (Phi) is 5.38. The molecule has 0 spiro atoms. The molecule has 4 heteroatoms. The fraction of sp³-hybridized carbons (Fsp3) is 0.250. The third-order valence-electron chi connectivity index (χ3n) is 5.28. The van der Waals surface area contributed by atoms with Crippen LogP contribution in [0.3, 0.4) is 0 Å². The molecule has 1 amide bonds. The second kappa shape index (κ2) is 8.26. The lowest BCUT2D eigenvalue weighted by Gasteiger charge is -2.29. The highest BCUT2D eigenvalue weighted by molar-refractivity contribution is 6.05. The van der Waals surface area contributed by atoms with Gasteiger partial charge in [-0.3, -0.25) is 9.78 Å². The van der Waals surface area contributed by atoms with Gasteiger partial charge in [0.1, 0.15) is 5.69 Å². The fourth-order valence-corrected chi connectivity index (χ4v) is 3.81. The highest BCUT2D eigenvalue weighted by atomic mass is 16.2. The summed E-state index contributed by atoms with van der Waals surface area (Å²) in [5.41, 5.74) is 5.02. The van der Waals surface area contributed by atoms with Crippen LogP contribution in [0.1, 0.15) is 35.0 Å². The molecule has 2 heterocycles. The van der Waals surface area contributed by atoms with Crippen LogP contribution in [0, 0.1) is 0 Å². The molecule has 0 unspecified atom stereocenters. The Balaban J connectivity index is 1.59. The van der Waals surface area contributed by atoms with Crippen molar-refractivity contribution in [3.8, 4) is 0 Å². The Hall–Kier alpha value is -3.14. The fourth-order valence-electron chi connectivity index (χ4n) is 3.81. The third-order valence-corrected chi connectivity index (χ3v) is 5.28. The molecule has 3 aromatic rings. The summed E-state index contributed by atoms with van der Waals surface area (Å²) < 4.78 is 0. The van der Waals surface area contributed by atoms with Gasteiger partial charge >= 0.3 is 0 Å². The maximum atomic E-state index is 13.2. The van der Waals surface area contributed by atoms with Crippen LogP contribution in [0.4, 0.5) is 11.4 Å². The van der Waals surface area contributed by atoms with Gasteiger partial charge in [-0.2, -0.15) is 0 Å². The van der Waals surface area contributed by atoms with E-state index in [9.17, 15) is 4.79 Å². The van der Waals surface area contributed by atoms with Gasteiger partial charge in [0.25, 0.3) is 5.91 Å². The molecule has 2 aromatic carbocycles. The number of fused-ring (bicyclic) bond motifs is 1. The Morgan fingerprint density at radius 2 is 1.86 bits per heavy atom. The number of para-hydroxylation sites is 1. The zero-order chi connectivity index (χ0) is 19.3. The average Bonchev–Trinajstić information content (AvgIpc) is 2.77. The number of amides is 1. The zero-order valence-electron chi connectivity index (χ0n) is 16.2. The quantitative estimate of drug-likeness (QED) is 0.652. The molecular formula is C24H25N3O. The first-order chi connectivity index (χ1) is 13.8. The predicted molar refractivity (Wildman–Crippen MR) is 114 cm³/mol.